The summed E-state index contributed by atoms with van der Waals surface area (Å²) in [5.74, 6) is 0. The van der Waals surface area contributed by atoms with E-state index in [1.807, 2.05) is 24.3 Å². The predicted octanol–water partition coefficient (Wildman–Crippen LogP) is 11.7. The van der Waals surface area contributed by atoms with Gasteiger partial charge in [-0.15, -0.1) is 33.2 Å². The van der Waals surface area contributed by atoms with Gasteiger partial charge >= 0.3 is 0 Å². The first-order valence-electron chi connectivity index (χ1n) is 16.6. The van der Waals surface area contributed by atoms with Crippen LogP contribution in [0.5, 0.6) is 0 Å². The van der Waals surface area contributed by atoms with Gasteiger partial charge in [0.25, 0.3) is 0 Å². The van der Waals surface area contributed by atoms with E-state index in [0.29, 0.717) is 0 Å². The summed E-state index contributed by atoms with van der Waals surface area (Å²) in [6.45, 7) is 0. The molecule has 240 valence electrons. The molecule has 50 heavy (non-hydrogen) atoms. The topological polar surface area (TPSA) is 13.1 Å². The van der Waals surface area contributed by atoms with Gasteiger partial charge in [0.2, 0.25) is 0 Å². The first-order chi connectivity index (χ1) is 24.2. The molecule has 2 heterocycles. The molecule has 0 amide bonds. The van der Waals surface area contributed by atoms with E-state index < -0.39 is 7.92 Å². The number of rotatable bonds is 5. The maximum Gasteiger partial charge on any atom is 0.127 e. The molecule has 10 aromatic rings. The van der Waals surface area contributed by atoms with Crippen molar-refractivity contribution in [2.45, 2.75) is 0 Å². The smallest absolute Gasteiger partial charge is 0.127 e. The molecule has 1 nitrogen and oxygen atoms in total. The zero-order valence-electron chi connectivity index (χ0n) is 27.2. The number of furan rings is 2. The van der Waals surface area contributed by atoms with E-state index in [0.717, 1.165) is 11.2 Å². The van der Waals surface area contributed by atoms with Gasteiger partial charge in [-0.2, -0.15) is 0 Å². The van der Waals surface area contributed by atoms with Gasteiger partial charge in [-0.1, -0.05) is 152 Å². The highest BCUT2D eigenvalue weighted by Crippen LogP contribution is 2.47. The zero-order chi connectivity index (χ0) is 32.7. The molecule has 4 heteroatoms. The molecule has 2 aromatic heterocycles. The lowest BCUT2D eigenvalue weighted by Gasteiger charge is -2.27. The molecule has 0 aliphatic rings. The molecule has 0 saturated heterocycles. The third-order valence-corrected chi connectivity index (χ3v) is 12.5. The Hall–Kier alpha value is -4.59. The summed E-state index contributed by atoms with van der Waals surface area (Å²) in [7, 11) is 2.29. The zero-order valence-corrected chi connectivity index (χ0v) is 31.5. The Morgan fingerprint density at radius 1 is 0.420 bits per heavy atom. The van der Waals surface area contributed by atoms with Crippen LogP contribution in [0.1, 0.15) is 0 Å². The Morgan fingerprint density at radius 3 is 1.44 bits per heavy atom. The second-order valence-electron chi connectivity index (χ2n) is 12.3. The molecule has 1 unspecified atom stereocenters. The number of hydrogen-bond donors (Lipinski definition) is 0. The lowest BCUT2D eigenvalue weighted by Crippen LogP contribution is -2.22. The van der Waals surface area contributed by atoms with Crippen molar-refractivity contribution < 1.29 is 4.42 Å². The fourth-order valence-corrected chi connectivity index (χ4v) is 10.3. The summed E-state index contributed by atoms with van der Waals surface area (Å²) in [5.41, 5.74) is 7.02. The van der Waals surface area contributed by atoms with Gasteiger partial charge in [0.15, 0.2) is 0 Å². The summed E-state index contributed by atoms with van der Waals surface area (Å²) < 4.78 is 5.08. The minimum absolute atomic E-state index is 0. The highest BCUT2D eigenvalue weighted by molar-refractivity contribution is 14.0. The fourth-order valence-electron chi connectivity index (χ4n) is 7.27. The molecule has 0 spiro atoms. The molecule has 0 radical (unpaired) electrons. The second kappa shape index (κ2) is 14.0. The van der Waals surface area contributed by atoms with Gasteiger partial charge in [-0.25, -0.2) is 0 Å². The van der Waals surface area contributed by atoms with E-state index in [1.54, 1.807) is 0 Å². The third-order valence-electron chi connectivity index (χ3n) is 9.39. The lowest BCUT2D eigenvalue weighted by molar-refractivity contribution is 0.675. The van der Waals surface area contributed by atoms with Gasteiger partial charge in [0, 0.05) is 0 Å². The second-order valence-corrected chi connectivity index (χ2v) is 15.1. The Balaban J connectivity index is 0.000000400. The van der Waals surface area contributed by atoms with Crippen LogP contribution in [0.25, 0.3) is 65.7 Å². The highest BCUT2D eigenvalue weighted by Gasteiger charge is 2.27. The SMILES string of the molecule is I.Pc1c(-c2ccccc2)c(-c2ccccc2)c2c(P(c3ccccc3)c3ccccc3)cc3cccc4ccc1c2c43.c1cc2ccc1o2. The summed E-state index contributed by atoms with van der Waals surface area (Å²) >= 11 is 0. The summed E-state index contributed by atoms with van der Waals surface area (Å²) in [6.07, 6.45) is 0. The number of fused-ring (bicyclic) bond motifs is 2. The van der Waals surface area contributed by atoms with Crippen LogP contribution in [0.2, 0.25) is 0 Å². The van der Waals surface area contributed by atoms with Crippen LogP contribution in [0.4, 0.5) is 0 Å². The van der Waals surface area contributed by atoms with E-state index in [9.17, 15) is 0 Å². The lowest BCUT2D eigenvalue weighted by atomic mass is 9.84. The minimum atomic E-state index is -0.845. The Labute approximate surface area is 312 Å². The Bertz CT molecular complexity index is 2570. The molecule has 0 aliphatic heterocycles. The van der Waals surface area contributed by atoms with Crippen molar-refractivity contribution >= 4 is 106 Å². The van der Waals surface area contributed by atoms with Crippen LogP contribution in [-0.4, -0.2) is 0 Å². The van der Waals surface area contributed by atoms with Crippen molar-refractivity contribution in [3.8, 4) is 22.3 Å². The van der Waals surface area contributed by atoms with E-state index in [4.69, 9.17) is 4.42 Å². The third kappa shape index (κ3) is 5.76. The van der Waals surface area contributed by atoms with E-state index in [2.05, 4.69) is 167 Å². The van der Waals surface area contributed by atoms with Crippen LogP contribution < -0.4 is 21.2 Å². The Morgan fingerprint density at radius 2 is 0.920 bits per heavy atom. The number of benzene rings is 9. The van der Waals surface area contributed by atoms with Crippen molar-refractivity contribution in [2.75, 3.05) is 0 Å². The van der Waals surface area contributed by atoms with Crippen LogP contribution in [-0.2, 0) is 0 Å². The molecule has 1 atom stereocenters. The maximum absolute atomic E-state index is 5.08. The average molecular weight is 791 g/mol. The van der Waals surface area contributed by atoms with Gasteiger partial charge < -0.3 is 4.42 Å². The molecule has 0 fully saturated rings. The monoisotopic (exact) mass is 790 g/mol. The molecular formula is C46H33IOP2. The van der Waals surface area contributed by atoms with Gasteiger partial charge in [-0.05, 0) is 114 Å². The summed E-state index contributed by atoms with van der Waals surface area (Å²) in [6, 6.07) is 65.8. The van der Waals surface area contributed by atoms with Crippen LogP contribution in [0.3, 0.4) is 0 Å². The molecule has 8 aromatic carbocycles. The number of hydrogen-bond acceptors (Lipinski definition) is 1. The fraction of sp³-hybridized carbons (Fsp3) is 0. The molecule has 2 bridgehead atoms. The van der Waals surface area contributed by atoms with Crippen LogP contribution >= 0.6 is 41.1 Å². The predicted molar refractivity (Wildman–Crippen MR) is 232 cm³/mol. The largest absolute Gasteiger partial charge is 0.457 e. The molecule has 0 saturated carbocycles. The van der Waals surface area contributed by atoms with E-state index in [-0.39, 0.29) is 24.0 Å². The van der Waals surface area contributed by atoms with Gasteiger partial charge in [-0.3, -0.25) is 0 Å². The molecule has 10 rings (SSSR count). The van der Waals surface area contributed by atoms with E-state index >= 15 is 0 Å². The molecular weight excluding hydrogens is 757 g/mol. The first-order valence-corrected chi connectivity index (χ1v) is 18.5. The quantitative estimate of drug-likeness (QED) is 0.0961. The normalized spacial score (nSPS) is 11.3. The van der Waals surface area contributed by atoms with Crippen molar-refractivity contribution in [2.24, 2.45) is 0 Å². The van der Waals surface area contributed by atoms with Gasteiger partial charge in [0.1, 0.15) is 11.2 Å². The summed E-state index contributed by atoms with van der Waals surface area (Å²) in [5, 5.41) is 13.3. The standard InChI is InChI=1S/C40H28P2.C6H4O.HI/c41-40-33-25-24-29-18-13-19-30-26-34(42(31-20-9-3-10-21-31)32-22-11-4-12-23-32)39(38(33)35(29)30)36(27-14-5-1-6-15-27)37(40)28-16-7-2-8-17-28;1-2-6-4-3-5(1)7-6;/h1-26H,41H2;1-4H;1H. The number of halogens is 1. The van der Waals surface area contributed by atoms with Crippen molar-refractivity contribution in [1.82, 2.24) is 0 Å². The highest BCUT2D eigenvalue weighted by atomic mass is 127. The Kier molecular flexibility index (Phi) is 9.11. The van der Waals surface area contributed by atoms with Crippen molar-refractivity contribution in [1.29, 1.82) is 0 Å². The van der Waals surface area contributed by atoms with Crippen molar-refractivity contribution in [3.05, 3.63) is 182 Å². The van der Waals surface area contributed by atoms with Crippen LogP contribution in [0.15, 0.2) is 186 Å². The van der Waals surface area contributed by atoms with E-state index in [1.165, 1.54) is 75.8 Å². The van der Waals surface area contributed by atoms with Crippen LogP contribution in [0, 0.1) is 0 Å². The summed E-state index contributed by atoms with van der Waals surface area (Å²) in [4.78, 5) is 0. The minimum Gasteiger partial charge on any atom is -0.457 e. The van der Waals surface area contributed by atoms with Crippen molar-refractivity contribution in [3.63, 3.8) is 0 Å². The molecule has 0 aliphatic carbocycles. The molecule has 0 N–H and O–H groups in total. The average Bonchev–Trinajstić information content (AvgIpc) is 3.83. The first kappa shape index (κ1) is 32.6. The maximum atomic E-state index is 5.08. The van der Waals surface area contributed by atoms with Gasteiger partial charge in [0.05, 0.1) is 0 Å².